The van der Waals surface area contributed by atoms with Crippen molar-refractivity contribution in [3.05, 3.63) is 0 Å². The maximum absolute atomic E-state index is 5.52. The first-order valence-corrected chi connectivity index (χ1v) is 7.69. The molecule has 0 aromatic heterocycles. The van der Waals surface area contributed by atoms with Gasteiger partial charge in [-0.2, -0.15) is 0 Å². The Labute approximate surface area is 105 Å². The maximum Gasteiger partial charge on any atom is 0.0469 e. The third kappa shape index (κ3) is 2.68. The Kier molecular flexibility index (Phi) is 3.72. The number of fused-ring (bicyclic) bond motifs is 1. The van der Waals surface area contributed by atoms with E-state index in [1.165, 1.54) is 38.6 Å². The van der Waals surface area contributed by atoms with Gasteiger partial charge in [0, 0.05) is 19.3 Å². The van der Waals surface area contributed by atoms with Crippen molar-refractivity contribution in [2.75, 3.05) is 19.8 Å². The third-order valence-electron chi connectivity index (χ3n) is 5.19. The summed E-state index contributed by atoms with van der Waals surface area (Å²) in [6.45, 7) is 5.47. The summed E-state index contributed by atoms with van der Waals surface area (Å²) in [5.74, 6) is 4.10. The van der Waals surface area contributed by atoms with Crippen LogP contribution in [-0.2, 0) is 4.74 Å². The van der Waals surface area contributed by atoms with Crippen LogP contribution >= 0.6 is 0 Å². The van der Waals surface area contributed by atoms with E-state index >= 15 is 0 Å². The number of nitrogens with one attached hydrogen (secondary N) is 1. The number of hydrogen-bond donors (Lipinski definition) is 1. The van der Waals surface area contributed by atoms with Gasteiger partial charge >= 0.3 is 0 Å². The second-order valence-electron chi connectivity index (χ2n) is 6.42. The summed E-state index contributed by atoms with van der Waals surface area (Å²) >= 11 is 0. The molecule has 98 valence electrons. The van der Waals surface area contributed by atoms with Gasteiger partial charge in [-0.25, -0.2) is 0 Å². The van der Waals surface area contributed by atoms with Crippen LogP contribution in [0.1, 0.15) is 45.4 Å². The van der Waals surface area contributed by atoms with Gasteiger partial charge in [0.05, 0.1) is 0 Å². The standard InChI is InChI=1S/C15H27NO/c1-2-5-16-15(11-3-6-17-7-4-11)14-9-12-8-13(12)10-14/h11-16H,2-10H2,1H3. The van der Waals surface area contributed by atoms with Crippen LogP contribution in [0, 0.1) is 23.7 Å². The molecule has 3 fully saturated rings. The zero-order valence-electron chi connectivity index (χ0n) is 11.2. The molecule has 1 saturated heterocycles. The van der Waals surface area contributed by atoms with Crippen molar-refractivity contribution in [2.45, 2.75) is 51.5 Å². The van der Waals surface area contributed by atoms with Crippen LogP contribution in [0.25, 0.3) is 0 Å². The van der Waals surface area contributed by atoms with Crippen LogP contribution < -0.4 is 5.32 Å². The highest BCUT2D eigenvalue weighted by Gasteiger charge is 2.48. The van der Waals surface area contributed by atoms with Crippen molar-refractivity contribution in [1.29, 1.82) is 0 Å². The SMILES string of the molecule is CCCNC(C1CCOCC1)C1CC2CC2C1. The van der Waals surface area contributed by atoms with Crippen molar-refractivity contribution in [3.8, 4) is 0 Å². The molecule has 2 heteroatoms. The van der Waals surface area contributed by atoms with E-state index in [-0.39, 0.29) is 0 Å². The highest BCUT2D eigenvalue weighted by atomic mass is 16.5. The lowest BCUT2D eigenvalue weighted by Gasteiger charge is -2.35. The van der Waals surface area contributed by atoms with E-state index in [0.717, 1.165) is 42.9 Å². The molecule has 3 unspecified atom stereocenters. The molecule has 2 nitrogen and oxygen atoms in total. The smallest absolute Gasteiger partial charge is 0.0469 e. The predicted molar refractivity (Wildman–Crippen MR) is 69.9 cm³/mol. The first-order chi connectivity index (χ1) is 8.38. The van der Waals surface area contributed by atoms with E-state index in [1.54, 1.807) is 6.42 Å². The fourth-order valence-corrected chi connectivity index (χ4v) is 4.16. The molecular formula is C15H27NO. The lowest BCUT2D eigenvalue weighted by atomic mass is 9.81. The number of ether oxygens (including phenoxy) is 1. The summed E-state index contributed by atoms with van der Waals surface area (Å²) in [6, 6.07) is 0.798. The topological polar surface area (TPSA) is 21.3 Å². The molecule has 3 atom stereocenters. The van der Waals surface area contributed by atoms with E-state index in [2.05, 4.69) is 12.2 Å². The third-order valence-corrected chi connectivity index (χ3v) is 5.19. The van der Waals surface area contributed by atoms with Crippen molar-refractivity contribution in [3.63, 3.8) is 0 Å². The molecule has 1 aliphatic heterocycles. The quantitative estimate of drug-likeness (QED) is 0.794. The van der Waals surface area contributed by atoms with Gasteiger partial charge in [0.1, 0.15) is 0 Å². The van der Waals surface area contributed by atoms with E-state index < -0.39 is 0 Å². The molecule has 2 aliphatic carbocycles. The Hall–Kier alpha value is -0.0800. The molecule has 0 amide bonds. The predicted octanol–water partition coefficient (Wildman–Crippen LogP) is 2.83. The Morgan fingerprint density at radius 1 is 1.06 bits per heavy atom. The van der Waals surface area contributed by atoms with E-state index in [0.29, 0.717) is 0 Å². The van der Waals surface area contributed by atoms with Gasteiger partial charge < -0.3 is 10.1 Å². The van der Waals surface area contributed by atoms with Gasteiger partial charge in [-0.15, -0.1) is 0 Å². The van der Waals surface area contributed by atoms with Crippen LogP contribution in [0.3, 0.4) is 0 Å². The molecule has 0 radical (unpaired) electrons. The molecule has 0 aromatic carbocycles. The van der Waals surface area contributed by atoms with Gasteiger partial charge in [-0.1, -0.05) is 6.92 Å². The molecule has 1 heterocycles. The normalized spacial score (nSPS) is 39.0. The molecule has 17 heavy (non-hydrogen) atoms. The Morgan fingerprint density at radius 3 is 2.41 bits per heavy atom. The highest BCUT2D eigenvalue weighted by Crippen LogP contribution is 2.56. The zero-order chi connectivity index (χ0) is 11.7. The fraction of sp³-hybridized carbons (Fsp3) is 1.00. The molecule has 2 saturated carbocycles. The summed E-state index contributed by atoms with van der Waals surface area (Å²) in [4.78, 5) is 0. The van der Waals surface area contributed by atoms with Gasteiger partial charge in [0.2, 0.25) is 0 Å². The van der Waals surface area contributed by atoms with Crippen molar-refractivity contribution < 1.29 is 4.74 Å². The van der Waals surface area contributed by atoms with E-state index in [4.69, 9.17) is 4.74 Å². The van der Waals surface area contributed by atoms with E-state index in [1.807, 2.05) is 0 Å². The summed E-state index contributed by atoms with van der Waals surface area (Å²) in [6.07, 6.45) is 8.41. The Bertz CT molecular complexity index is 237. The minimum Gasteiger partial charge on any atom is -0.381 e. The second-order valence-corrected chi connectivity index (χ2v) is 6.42. The number of rotatable bonds is 5. The molecule has 0 spiro atoms. The first kappa shape index (κ1) is 12.0. The monoisotopic (exact) mass is 237 g/mol. The van der Waals surface area contributed by atoms with Crippen LogP contribution in [-0.4, -0.2) is 25.8 Å². The molecular weight excluding hydrogens is 210 g/mol. The molecule has 3 aliphatic rings. The van der Waals surface area contributed by atoms with Crippen molar-refractivity contribution in [1.82, 2.24) is 5.32 Å². The second kappa shape index (κ2) is 5.27. The summed E-state index contributed by atoms with van der Waals surface area (Å²) < 4.78 is 5.52. The first-order valence-electron chi connectivity index (χ1n) is 7.69. The fourth-order valence-electron chi connectivity index (χ4n) is 4.16. The average Bonchev–Trinajstić information content (AvgIpc) is 2.98. The Morgan fingerprint density at radius 2 is 1.76 bits per heavy atom. The van der Waals surface area contributed by atoms with Crippen molar-refractivity contribution in [2.24, 2.45) is 23.7 Å². The largest absolute Gasteiger partial charge is 0.381 e. The molecule has 3 rings (SSSR count). The van der Waals surface area contributed by atoms with Crippen LogP contribution in [0.15, 0.2) is 0 Å². The Balaban J connectivity index is 1.58. The summed E-state index contributed by atoms with van der Waals surface area (Å²) in [5, 5.41) is 3.87. The van der Waals surface area contributed by atoms with Gasteiger partial charge in [0.15, 0.2) is 0 Å². The van der Waals surface area contributed by atoms with Crippen LogP contribution in [0.2, 0.25) is 0 Å². The summed E-state index contributed by atoms with van der Waals surface area (Å²) in [7, 11) is 0. The zero-order valence-corrected chi connectivity index (χ0v) is 11.2. The molecule has 1 N–H and O–H groups in total. The summed E-state index contributed by atoms with van der Waals surface area (Å²) in [5.41, 5.74) is 0. The molecule has 0 bridgehead atoms. The minimum atomic E-state index is 0.798. The lowest BCUT2D eigenvalue weighted by molar-refractivity contribution is 0.0438. The minimum absolute atomic E-state index is 0.798. The van der Waals surface area contributed by atoms with Crippen molar-refractivity contribution >= 4 is 0 Å². The maximum atomic E-state index is 5.52. The van der Waals surface area contributed by atoms with Gasteiger partial charge in [-0.3, -0.25) is 0 Å². The van der Waals surface area contributed by atoms with Gasteiger partial charge in [0.25, 0.3) is 0 Å². The van der Waals surface area contributed by atoms with Crippen LogP contribution in [0.4, 0.5) is 0 Å². The van der Waals surface area contributed by atoms with E-state index in [9.17, 15) is 0 Å². The van der Waals surface area contributed by atoms with Gasteiger partial charge in [-0.05, 0) is 68.7 Å². The molecule has 0 aromatic rings. The van der Waals surface area contributed by atoms with Crippen LogP contribution in [0.5, 0.6) is 0 Å². The number of hydrogen-bond acceptors (Lipinski definition) is 2. The lowest BCUT2D eigenvalue weighted by Crippen LogP contribution is -2.44. The average molecular weight is 237 g/mol. The highest BCUT2D eigenvalue weighted by molar-refractivity contribution is 5.00.